The minimum atomic E-state index is -0.909. The van der Waals surface area contributed by atoms with E-state index in [0.717, 1.165) is 50.2 Å². The maximum Gasteiger partial charge on any atom is 0.0856 e. The number of benzene rings is 2. The van der Waals surface area contributed by atoms with Crippen molar-refractivity contribution in [2.45, 2.75) is 109 Å². The Balaban J connectivity index is 1.29. The van der Waals surface area contributed by atoms with Crippen molar-refractivity contribution in [3.05, 3.63) is 70.9 Å². The van der Waals surface area contributed by atoms with Crippen LogP contribution >= 0.6 is 0 Å². The molecule has 42 heavy (non-hydrogen) atoms. The highest BCUT2D eigenvalue weighted by molar-refractivity contribution is 5.72. The second kappa shape index (κ2) is 10.7. The van der Waals surface area contributed by atoms with E-state index in [1.54, 1.807) is 0 Å². The molecule has 5 unspecified atom stereocenters. The van der Waals surface area contributed by atoms with Crippen molar-refractivity contribution in [2.75, 3.05) is 22.9 Å². The van der Waals surface area contributed by atoms with Crippen LogP contribution in [-0.2, 0) is 10.8 Å². The Morgan fingerprint density at radius 1 is 0.667 bits per heavy atom. The summed E-state index contributed by atoms with van der Waals surface area (Å²) in [4.78, 5) is 4.69. The highest BCUT2D eigenvalue weighted by Crippen LogP contribution is 2.59. The average molecular weight is 575 g/mol. The van der Waals surface area contributed by atoms with Crippen LogP contribution in [0.4, 0.5) is 11.4 Å². The molecule has 6 nitrogen and oxygen atoms in total. The molecule has 0 radical (unpaired) electrons. The van der Waals surface area contributed by atoms with Crippen molar-refractivity contribution >= 4 is 11.4 Å². The van der Waals surface area contributed by atoms with E-state index < -0.39 is 36.3 Å². The predicted molar refractivity (Wildman–Crippen MR) is 169 cm³/mol. The summed E-state index contributed by atoms with van der Waals surface area (Å²) in [5.74, 6) is -1.54. The molecule has 6 heteroatoms. The van der Waals surface area contributed by atoms with Crippen molar-refractivity contribution in [3.8, 4) is 0 Å². The van der Waals surface area contributed by atoms with Crippen molar-refractivity contribution in [3.63, 3.8) is 0 Å². The molecule has 0 spiro atoms. The fourth-order valence-electron chi connectivity index (χ4n) is 9.08. The van der Waals surface area contributed by atoms with Gasteiger partial charge in [0, 0.05) is 70.4 Å². The molecular weight excluding hydrogens is 524 g/mol. The number of aliphatic hydroxyl groups excluding tert-OH is 4. The van der Waals surface area contributed by atoms with Gasteiger partial charge in [-0.3, -0.25) is 0 Å². The summed E-state index contributed by atoms with van der Waals surface area (Å²) in [5.41, 5.74) is 5.78. The summed E-state index contributed by atoms with van der Waals surface area (Å²) in [5, 5.41) is 46.9. The topological polar surface area (TPSA) is 87.4 Å². The van der Waals surface area contributed by atoms with Crippen molar-refractivity contribution < 1.29 is 20.4 Å². The molecule has 0 amide bonds. The predicted octanol–water partition coefficient (Wildman–Crippen LogP) is 5.12. The monoisotopic (exact) mass is 574 g/mol. The summed E-state index contributed by atoms with van der Waals surface area (Å²) in [7, 11) is 0. The van der Waals surface area contributed by atoms with Crippen molar-refractivity contribution in [2.24, 2.45) is 17.8 Å². The lowest BCUT2D eigenvalue weighted by Gasteiger charge is -2.60. The van der Waals surface area contributed by atoms with E-state index in [9.17, 15) is 20.4 Å². The number of allylic oxidation sites excluding steroid dienone is 1. The molecule has 6 rings (SSSR count). The zero-order valence-electron chi connectivity index (χ0n) is 26.2. The van der Waals surface area contributed by atoms with E-state index in [2.05, 4.69) is 93.8 Å². The van der Waals surface area contributed by atoms with Crippen LogP contribution in [0.15, 0.2) is 59.8 Å². The molecule has 2 aliphatic carbocycles. The lowest BCUT2D eigenvalue weighted by molar-refractivity contribution is -0.222. The Morgan fingerprint density at radius 2 is 1.21 bits per heavy atom. The number of hydrogen-bond donors (Lipinski definition) is 4. The Kier molecular flexibility index (Phi) is 7.53. The largest absolute Gasteiger partial charge is 0.392 e. The number of nitrogens with zero attached hydrogens (tertiary/aromatic N) is 2. The quantitative estimate of drug-likeness (QED) is 0.350. The summed E-state index contributed by atoms with van der Waals surface area (Å²) in [6, 6.07) is 16.8. The van der Waals surface area contributed by atoms with Crippen LogP contribution in [0.1, 0.15) is 78.4 Å². The Labute approximate surface area is 251 Å². The van der Waals surface area contributed by atoms with Crippen molar-refractivity contribution in [1.82, 2.24) is 0 Å². The van der Waals surface area contributed by atoms with Crippen LogP contribution in [0, 0.1) is 17.8 Å². The maximum absolute atomic E-state index is 11.8. The van der Waals surface area contributed by atoms with Gasteiger partial charge in [-0.05, 0) is 36.1 Å². The molecule has 0 bridgehead atoms. The summed E-state index contributed by atoms with van der Waals surface area (Å²) in [6.45, 7) is 14.8. The normalized spacial score (nSPS) is 34.2. The Hall–Kier alpha value is -2.38. The standard InChI is InChI=1S/C36H50N2O4/c1-7-9-19-37-23-17-13-11-15-21(23)35(3,4)33(37)27-29(39)25(30(27)40)26-31(41)28(32(26)42)34-36(5,6)22-16-12-14-18-24(22)38(34)20-10-8-2/h11-18,25-27,29-33,39-42H,7-10,19-20H2,1-6H3. The van der Waals surface area contributed by atoms with Gasteiger partial charge < -0.3 is 30.2 Å². The van der Waals surface area contributed by atoms with Crippen LogP contribution in [0.25, 0.3) is 0 Å². The maximum atomic E-state index is 11.8. The van der Waals surface area contributed by atoms with Gasteiger partial charge in [0.25, 0.3) is 0 Å². The molecule has 0 saturated heterocycles. The van der Waals surface area contributed by atoms with Gasteiger partial charge in [0.05, 0.1) is 24.4 Å². The third kappa shape index (κ3) is 4.05. The minimum Gasteiger partial charge on any atom is -0.392 e. The number of anilines is 2. The molecule has 2 fully saturated rings. The van der Waals surface area contributed by atoms with E-state index in [1.165, 1.54) is 16.8 Å². The van der Waals surface area contributed by atoms with Gasteiger partial charge in [-0.15, -0.1) is 0 Å². The molecule has 2 saturated carbocycles. The zero-order chi connectivity index (χ0) is 30.1. The fourth-order valence-corrected chi connectivity index (χ4v) is 9.08. The third-order valence-corrected chi connectivity index (χ3v) is 11.2. The van der Waals surface area contributed by atoms with E-state index in [-0.39, 0.29) is 22.8 Å². The van der Waals surface area contributed by atoms with Crippen LogP contribution in [0.3, 0.4) is 0 Å². The average Bonchev–Trinajstić information content (AvgIpc) is 3.33. The highest BCUT2D eigenvalue weighted by atomic mass is 16.3. The first-order valence-corrected chi connectivity index (χ1v) is 16.2. The van der Waals surface area contributed by atoms with Gasteiger partial charge in [0.1, 0.15) is 0 Å². The molecule has 4 aliphatic rings. The molecule has 228 valence electrons. The second-order valence-electron chi connectivity index (χ2n) is 14.3. The molecule has 2 heterocycles. The number of fused-ring (bicyclic) bond motifs is 2. The lowest BCUT2D eigenvalue weighted by atomic mass is 9.51. The van der Waals surface area contributed by atoms with Gasteiger partial charge in [-0.1, -0.05) is 90.8 Å². The number of rotatable bonds is 8. The van der Waals surface area contributed by atoms with E-state index in [4.69, 9.17) is 0 Å². The Bertz CT molecular complexity index is 1330. The second-order valence-corrected chi connectivity index (χ2v) is 14.3. The van der Waals surface area contributed by atoms with Crippen molar-refractivity contribution in [1.29, 1.82) is 0 Å². The van der Waals surface area contributed by atoms with E-state index in [0.29, 0.717) is 5.57 Å². The first-order chi connectivity index (χ1) is 20.0. The smallest absolute Gasteiger partial charge is 0.0856 e. The third-order valence-electron chi connectivity index (χ3n) is 11.2. The summed E-state index contributed by atoms with van der Waals surface area (Å²) >= 11 is 0. The van der Waals surface area contributed by atoms with Gasteiger partial charge >= 0.3 is 0 Å². The number of aliphatic hydroxyl groups is 4. The van der Waals surface area contributed by atoms with Gasteiger partial charge in [-0.2, -0.15) is 0 Å². The molecule has 2 aromatic carbocycles. The number of para-hydroxylation sites is 2. The minimum absolute atomic E-state index is 0.0670. The molecule has 4 N–H and O–H groups in total. The van der Waals surface area contributed by atoms with E-state index in [1.807, 2.05) is 6.07 Å². The van der Waals surface area contributed by atoms with E-state index >= 15 is 0 Å². The van der Waals surface area contributed by atoms with Crippen LogP contribution < -0.4 is 9.80 Å². The number of hydrogen-bond acceptors (Lipinski definition) is 6. The SMILES string of the molecule is CCCCN1C(=C2C(O)C(C3C(O)C(C4N(CCCC)c5ccccc5C4(C)C)C3O)C2O)C(C)(C)c2ccccc21. The van der Waals surface area contributed by atoms with Gasteiger partial charge in [-0.25, -0.2) is 0 Å². The van der Waals surface area contributed by atoms with Crippen LogP contribution in [0.2, 0.25) is 0 Å². The highest BCUT2D eigenvalue weighted by Gasteiger charge is 2.66. The molecular formula is C36H50N2O4. The molecule has 0 aromatic heterocycles. The number of unbranched alkanes of at least 4 members (excludes halogenated alkanes) is 2. The Morgan fingerprint density at radius 3 is 1.83 bits per heavy atom. The molecule has 2 aromatic rings. The summed E-state index contributed by atoms with van der Waals surface area (Å²) < 4.78 is 0. The van der Waals surface area contributed by atoms with Crippen LogP contribution in [-0.4, -0.2) is 64.0 Å². The van der Waals surface area contributed by atoms with Crippen LogP contribution in [0.5, 0.6) is 0 Å². The lowest BCUT2D eigenvalue weighted by Crippen LogP contribution is -2.72. The zero-order valence-corrected chi connectivity index (χ0v) is 26.2. The summed E-state index contributed by atoms with van der Waals surface area (Å²) in [6.07, 6.45) is 0.716. The first-order valence-electron chi connectivity index (χ1n) is 16.2. The van der Waals surface area contributed by atoms with Gasteiger partial charge in [0.15, 0.2) is 0 Å². The van der Waals surface area contributed by atoms with Gasteiger partial charge in [0.2, 0.25) is 0 Å². The molecule has 5 atom stereocenters. The fraction of sp³-hybridized carbons (Fsp3) is 0.611. The first kappa shape index (κ1) is 29.7. The molecule has 2 aliphatic heterocycles.